The Bertz CT molecular complexity index is 262. The minimum Gasteiger partial charge on any atom is -0.468 e. The van der Waals surface area contributed by atoms with Gasteiger partial charge in [0.1, 0.15) is 6.04 Å². The number of carbonyl (C=O) groups excluding carboxylic acids is 2. The van der Waals surface area contributed by atoms with Crippen molar-refractivity contribution in [3.8, 4) is 0 Å². The third kappa shape index (κ3) is 3.37. The van der Waals surface area contributed by atoms with Gasteiger partial charge in [0, 0.05) is 19.1 Å². The van der Waals surface area contributed by atoms with Crippen LogP contribution < -0.4 is 11.1 Å². The third-order valence-electron chi connectivity index (χ3n) is 2.85. The topological polar surface area (TPSA) is 84.7 Å². The number of piperidine rings is 1. The molecule has 0 aromatic heterocycles. The molecule has 0 bridgehead atoms. The van der Waals surface area contributed by atoms with Crippen molar-refractivity contribution in [2.75, 3.05) is 20.2 Å². The van der Waals surface area contributed by atoms with Gasteiger partial charge in [-0.3, -0.25) is 4.79 Å². The summed E-state index contributed by atoms with van der Waals surface area (Å²) in [5, 5.41) is 3.18. The van der Waals surface area contributed by atoms with Gasteiger partial charge in [-0.1, -0.05) is 0 Å². The van der Waals surface area contributed by atoms with Gasteiger partial charge in [-0.05, 0) is 19.8 Å². The second kappa shape index (κ2) is 5.69. The van der Waals surface area contributed by atoms with Crippen LogP contribution in [0.4, 0.5) is 4.79 Å². The molecule has 1 aliphatic heterocycles. The molecule has 1 aliphatic rings. The number of carbonyl (C=O) groups is 2. The highest BCUT2D eigenvalue weighted by Gasteiger charge is 2.24. The first-order chi connectivity index (χ1) is 7.54. The maximum absolute atomic E-state index is 11.2. The first kappa shape index (κ1) is 12.8. The molecule has 1 saturated heterocycles. The van der Waals surface area contributed by atoms with E-state index in [9.17, 15) is 9.59 Å². The molecule has 6 nitrogen and oxygen atoms in total. The highest BCUT2D eigenvalue weighted by molar-refractivity contribution is 5.75. The molecule has 6 heteroatoms. The predicted octanol–water partition coefficient (Wildman–Crippen LogP) is -0.319. The first-order valence-corrected chi connectivity index (χ1v) is 5.43. The van der Waals surface area contributed by atoms with Gasteiger partial charge in [0.2, 0.25) is 0 Å². The van der Waals surface area contributed by atoms with Crippen LogP contribution in [0.25, 0.3) is 0 Å². The number of urea groups is 1. The van der Waals surface area contributed by atoms with E-state index in [0.717, 1.165) is 12.8 Å². The van der Waals surface area contributed by atoms with Crippen LogP contribution in [-0.4, -0.2) is 49.2 Å². The quantitative estimate of drug-likeness (QED) is 0.650. The van der Waals surface area contributed by atoms with Gasteiger partial charge in [0.15, 0.2) is 0 Å². The van der Waals surface area contributed by atoms with Gasteiger partial charge in [-0.15, -0.1) is 0 Å². The fraction of sp³-hybridized carbons (Fsp3) is 0.800. The largest absolute Gasteiger partial charge is 0.468 e. The molecule has 1 heterocycles. The molecule has 1 atom stereocenters. The molecule has 0 radical (unpaired) electrons. The van der Waals surface area contributed by atoms with Crippen LogP contribution in [0, 0.1) is 0 Å². The van der Waals surface area contributed by atoms with Crippen molar-refractivity contribution in [2.24, 2.45) is 5.73 Å². The lowest BCUT2D eigenvalue weighted by molar-refractivity contribution is -0.142. The van der Waals surface area contributed by atoms with E-state index >= 15 is 0 Å². The number of esters is 1. The molecule has 0 aromatic carbocycles. The predicted molar refractivity (Wildman–Crippen MR) is 58.8 cm³/mol. The van der Waals surface area contributed by atoms with Crippen LogP contribution in [-0.2, 0) is 9.53 Å². The number of nitrogens with zero attached hydrogens (tertiary/aromatic N) is 1. The van der Waals surface area contributed by atoms with Crippen molar-refractivity contribution < 1.29 is 14.3 Å². The van der Waals surface area contributed by atoms with Crippen LogP contribution in [0.3, 0.4) is 0 Å². The van der Waals surface area contributed by atoms with E-state index in [1.807, 2.05) is 0 Å². The molecule has 16 heavy (non-hydrogen) atoms. The van der Waals surface area contributed by atoms with Gasteiger partial charge in [-0.2, -0.15) is 0 Å². The number of ether oxygens (including phenoxy) is 1. The maximum Gasteiger partial charge on any atom is 0.322 e. The molecule has 0 saturated carbocycles. The van der Waals surface area contributed by atoms with E-state index in [0.29, 0.717) is 13.1 Å². The van der Waals surface area contributed by atoms with E-state index in [1.165, 1.54) is 7.11 Å². The summed E-state index contributed by atoms with van der Waals surface area (Å²) in [4.78, 5) is 23.7. The number of likely N-dealkylation sites (tertiary alicyclic amines) is 1. The number of primary amides is 1. The zero-order valence-corrected chi connectivity index (χ0v) is 9.73. The average Bonchev–Trinajstić information content (AvgIpc) is 2.28. The summed E-state index contributed by atoms with van der Waals surface area (Å²) in [6.45, 7) is 3.05. The number of methoxy groups -OCH3 is 1. The van der Waals surface area contributed by atoms with Crippen LogP contribution in [0.2, 0.25) is 0 Å². The Balaban J connectivity index is 2.32. The highest BCUT2D eigenvalue weighted by Crippen LogP contribution is 2.10. The minimum atomic E-state index is -0.375. The zero-order chi connectivity index (χ0) is 12.1. The van der Waals surface area contributed by atoms with E-state index in [1.54, 1.807) is 11.8 Å². The Morgan fingerprint density at radius 1 is 1.44 bits per heavy atom. The Kier molecular flexibility index (Phi) is 4.54. The first-order valence-electron chi connectivity index (χ1n) is 5.43. The Labute approximate surface area is 95.1 Å². The number of hydrogen-bond donors (Lipinski definition) is 2. The van der Waals surface area contributed by atoms with Gasteiger partial charge >= 0.3 is 12.0 Å². The molecule has 0 spiro atoms. The standard InChI is InChI=1S/C10H19N3O3/c1-7(9(14)16-2)12-8-3-5-13(6-4-8)10(11)15/h7-8,12H,3-6H2,1-2H3,(H2,11,15)/t7-/m0/s1. The molecule has 1 rings (SSSR count). The lowest BCUT2D eigenvalue weighted by Gasteiger charge is -2.32. The monoisotopic (exact) mass is 229 g/mol. The number of nitrogens with two attached hydrogens (primary N) is 1. The lowest BCUT2D eigenvalue weighted by atomic mass is 10.0. The SMILES string of the molecule is COC(=O)[C@H](C)NC1CCN(C(N)=O)CC1. The third-order valence-corrected chi connectivity index (χ3v) is 2.85. The van der Waals surface area contributed by atoms with Crippen LogP contribution in [0.1, 0.15) is 19.8 Å². The number of rotatable bonds is 3. The van der Waals surface area contributed by atoms with E-state index in [2.05, 4.69) is 10.1 Å². The van der Waals surface area contributed by atoms with Crippen molar-refractivity contribution in [3.05, 3.63) is 0 Å². The summed E-state index contributed by atoms with van der Waals surface area (Å²) < 4.78 is 4.63. The minimum absolute atomic E-state index is 0.240. The maximum atomic E-state index is 11.2. The number of hydrogen-bond acceptors (Lipinski definition) is 4. The van der Waals surface area contributed by atoms with Gasteiger partial charge in [-0.25, -0.2) is 4.79 Å². The lowest BCUT2D eigenvalue weighted by Crippen LogP contribution is -2.50. The van der Waals surface area contributed by atoms with Gasteiger partial charge in [0.05, 0.1) is 7.11 Å². The normalized spacial score (nSPS) is 19.2. The van der Waals surface area contributed by atoms with Gasteiger partial charge in [0.25, 0.3) is 0 Å². The molecule has 2 amide bonds. The van der Waals surface area contributed by atoms with Crippen LogP contribution in [0.5, 0.6) is 0 Å². The van der Waals surface area contributed by atoms with Crippen molar-refractivity contribution >= 4 is 12.0 Å². The molecule has 1 fully saturated rings. The molecule has 3 N–H and O–H groups in total. The Morgan fingerprint density at radius 3 is 2.44 bits per heavy atom. The Hall–Kier alpha value is -1.30. The molecular formula is C10H19N3O3. The summed E-state index contributed by atoms with van der Waals surface area (Å²) in [5.41, 5.74) is 5.18. The summed E-state index contributed by atoms with van der Waals surface area (Å²) in [5.74, 6) is -0.266. The summed E-state index contributed by atoms with van der Waals surface area (Å²) >= 11 is 0. The summed E-state index contributed by atoms with van der Waals surface area (Å²) in [6, 6.07) is -0.445. The second-order valence-corrected chi connectivity index (χ2v) is 4.01. The Morgan fingerprint density at radius 2 is 2.00 bits per heavy atom. The fourth-order valence-corrected chi connectivity index (χ4v) is 1.86. The molecular weight excluding hydrogens is 210 g/mol. The summed E-state index contributed by atoms with van der Waals surface area (Å²) in [6.07, 6.45) is 1.62. The summed E-state index contributed by atoms with van der Waals surface area (Å²) in [7, 11) is 1.37. The van der Waals surface area contributed by atoms with Crippen molar-refractivity contribution in [2.45, 2.75) is 31.8 Å². The molecule has 0 aliphatic carbocycles. The number of nitrogens with one attached hydrogen (secondary N) is 1. The average molecular weight is 229 g/mol. The fourth-order valence-electron chi connectivity index (χ4n) is 1.86. The molecule has 92 valence electrons. The van der Waals surface area contributed by atoms with Crippen LogP contribution in [0.15, 0.2) is 0 Å². The van der Waals surface area contributed by atoms with Crippen molar-refractivity contribution in [1.82, 2.24) is 10.2 Å². The van der Waals surface area contributed by atoms with E-state index in [-0.39, 0.29) is 24.1 Å². The van der Waals surface area contributed by atoms with Crippen molar-refractivity contribution in [1.29, 1.82) is 0 Å². The van der Waals surface area contributed by atoms with Crippen molar-refractivity contribution in [3.63, 3.8) is 0 Å². The van der Waals surface area contributed by atoms with E-state index < -0.39 is 0 Å². The van der Waals surface area contributed by atoms with Gasteiger partial charge < -0.3 is 20.7 Å². The second-order valence-electron chi connectivity index (χ2n) is 4.01. The zero-order valence-electron chi connectivity index (χ0n) is 9.73. The number of amides is 2. The highest BCUT2D eigenvalue weighted by atomic mass is 16.5. The van der Waals surface area contributed by atoms with E-state index in [4.69, 9.17) is 5.73 Å². The van der Waals surface area contributed by atoms with Crippen LogP contribution >= 0.6 is 0 Å². The molecule has 0 aromatic rings. The smallest absolute Gasteiger partial charge is 0.322 e. The molecule has 0 unspecified atom stereocenters.